The van der Waals surface area contributed by atoms with E-state index in [1.165, 1.54) is 0 Å². The van der Waals surface area contributed by atoms with Crippen molar-refractivity contribution in [2.45, 2.75) is 6.42 Å². The van der Waals surface area contributed by atoms with Crippen LogP contribution in [-0.4, -0.2) is 33.1 Å². The van der Waals surface area contributed by atoms with E-state index in [0.717, 1.165) is 35.3 Å². The Kier molecular flexibility index (Phi) is 5.44. The molecule has 1 rings (SSSR count). The second-order valence-corrected chi connectivity index (χ2v) is 4.67. The van der Waals surface area contributed by atoms with Gasteiger partial charge in [0, 0.05) is 37.5 Å². The molecule has 0 radical (unpaired) electrons. The van der Waals surface area contributed by atoms with Gasteiger partial charge in [0.15, 0.2) is 0 Å². The van der Waals surface area contributed by atoms with Gasteiger partial charge in [-0.25, -0.2) is 0 Å². The number of nitrogens with one attached hydrogen (secondary N) is 1. The summed E-state index contributed by atoms with van der Waals surface area (Å²) in [5, 5.41) is 7.62. The zero-order valence-corrected chi connectivity index (χ0v) is 11.8. The van der Waals surface area contributed by atoms with E-state index < -0.39 is 0 Å². The molecule has 0 saturated heterocycles. The Hall–Kier alpha value is -1.07. The number of benzene rings is 1. The average molecular weight is 300 g/mol. The molecule has 1 aromatic rings. The van der Waals surface area contributed by atoms with Gasteiger partial charge < -0.3 is 15.4 Å². The third kappa shape index (κ3) is 3.71. The summed E-state index contributed by atoms with van der Waals surface area (Å²) < 4.78 is 5.87. The Bertz CT molecular complexity index is 395. The Morgan fingerprint density at radius 3 is 2.82 bits per heavy atom. The van der Waals surface area contributed by atoms with Crippen molar-refractivity contribution in [1.29, 1.82) is 5.41 Å². The van der Waals surface area contributed by atoms with Gasteiger partial charge in [-0.2, -0.15) is 0 Å². The average Bonchev–Trinajstić information content (AvgIpc) is 2.28. The summed E-state index contributed by atoms with van der Waals surface area (Å²) in [6.07, 6.45) is 0.941. The maximum atomic E-state index is 7.62. The third-order valence-electron chi connectivity index (χ3n) is 2.51. The second-order valence-electron chi connectivity index (χ2n) is 3.82. The highest BCUT2D eigenvalue weighted by molar-refractivity contribution is 9.10. The largest absolute Gasteiger partial charge is 0.385 e. The van der Waals surface area contributed by atoms with Crippen LogP contribution in [0.1, 0.15) is 12.0 Å². The first-order chi connectivity index (χ1) is 8.07. The lowest BCUT2D eigenvalue weighted by Gasteiger charge is -2.22. The van der Waals surface area contributed by atoms with Crippen molar-refractivity contribution in [3.8, 4) is 0 Å². The number of methoxy groups -OCH3 is 1. The van der Waals surface area contributed by atoms with Crippen LogP contribution in [0.25, 0.3) is 0 Å². The molecular formula is C12H18BrN3O. The fraction of sp³-hybridized carbons (Fsp3) is 0.417. The van der Waals surface area contributed by atoms with Gasteiger partial charge in [-0.05, 0) is 34.5 Å². The van der Waals surface area contributed by atoms with Crippen LogP contribution in [0.5, 0.6) is 0 Å². The number of halogens is 1. The van der Waals surface area contributed by atoms with Crippen LogP contribution in [-0.2, 0) is 4.74 Å². The molecule has 0 bridgehead atoms. The Labute approximate surface area is 110 Å². The van der Waals surface area contributed by atoms with E-state index in [0.29, 0.717) is 0 Å². The maximum absolute atomic E-state index is 7.62. The molecule has 4 nitrogen and oxygen atoms in total. The molecule has 17 heavy (non-hydrogen) atoms. The van der Waals surface area contributed by atoms with Crippen LogP contribution in [0, 0.1) is 5.41 Å². The van der Waals surface area contributed by atoms with Crippen LogP contribution in [0.3, 0.4) is 0 Å². The van der Waals surface area contributed by atoms with Gasteiger partial charge in [0.25, 0.3) is 0 Å². The molecule has 0 atom stereocenters. The molecule has 5 heteroatoms. The Morgan fingerprint density at radius 1 is 1.53 bits per heavy atom. The fourth-order valence-electron chi connectivity index (χ4n) is 1.66. The van der Waals surface area contributed by atoms with Gasteiger partial charge in [0.05, 0.1) is 5.56 Å². The van der Waals surface area contributed by atoms with Gasteiger partial charge in [0.2, 0.25) is 0 Å². The first-order valence-electron chi connectivity index (χ1n) is 5.41. The smallest absolute Gasteiger partial charge is 0.126 e. The van der Waals surface area contributed by atoms with Crippen molar-refractivity contribution in [3.63, 3.8) is 0 Å². The Morgan fingerprint density at radius 2 is 2.24 bits per heavy atom. The van der Waals surface area contributed by atoms with Crippen LogP contribution < -0.4 is 10.6 Å². The lowest BCUT2D eigenvalue weighted by molar-refractivity contribution is 0.196. The van der Waals surface area contributed by atoms with Gasteiger partial charge in [-0.1, -0.05) is 6.07 Å². The molecule has 3 N–H and O–H groups in total. The van der Waals surface area contributed by atoms with E-state index in [-0.39, 0.29) is 5.84 Å². The number of anilines is 1. The highest BCUT2D eigenvalue weighted by Crippen LogP contribution is 2.26. The summed E-state index contributed by atoms with van der Waals surface area (Å²) in [5.41, 5.74) is 7.31. The minimum absolute atomic E-state index is 0.0751. The van der Waals surface area contributed by atoms with Crippen molar-refractivity contribution in [2.24, 2.45) is 5.73 Å². The normalized spacial score (nSPS) is 10.3. The summed E-state index contributed by atoms with van der Waals surface area (Å²) in [6.45, 7) is 1.60. The molecule has 0 spiro atoms. The van der Waals surface area contributed by atoms with E-state index in [2.05, 4.69) is 20.8 Å². The summed E-state index contributed by atoms with van der Waals surface area (Å²) in [4.78, 5) is 2.08. The summed E-state index contributed by atoms with van der Waals surface area (Å²) in [5.74, 6) is 0.0751. The number of hydrogen-bond acceptors (Lipinski definition) is 3. The summed E-state index contributed by atoms with van der Waals surface area (Å²) in [6, 6.07) is 5.80. The van der Waals surface area contributed by atoms with Gasteiger partial charge in [-0.15, -0.1) is 0 Å². The molecule has 1 aromatic carbocycles. The number of nitrogens with zero attached hydrogens (tertiary/aromatic N) is 1. The number of rotatable bonds is 6. The topological polar surface area (TPSA) is 62.3 Å². The zero-order valence-electron chi connectivity index (χ0n) is 10.2. The first-order valence-corrected chi connectivity index (χ1v) is 6.20. The minimum atomic E-state index is 0.0751. The molecule has 0 saturated carbocycles. The van der Waals surface area contributed by atoms with Gasteiger partial charge in [0.1, 0.15) is 5.84 Å². The molecule has 0 amide bonds. The maximum Gasteiger partial charge on any atom is 0.126 e. The van der Waals surface area contributed by atoms with Crippen LogP contribution in [0.15, 0.2) is 22.7 Å². The molecule has 0 unspecified atom stereocenters. The number of nitrogen functional groups attached to an aromatic ring is 1. The molecule has 0 fully saturated rings. The third-order valence-corrected chi connectivity index (χ3v) is 3.18. The lowest BCUT2D eigenvalue weighted by Crippen LogP contribution is -2.24. The van der Waals surface area contributed by atoms with Crippen molar-refractivity contribution < 1.29 is 4.74 Å². The van der Waals surface area contributed by atoms with Crippen LogP contribution in [0.2, 0.25) is 0 Å². The molecule has 0 aliphatic rings. The van der Waals surface area contributed by atoms with Crippen LogP contribution in [0.4, 0.5) is 5.69 Å². The van der Waals surface area contributed by atoms with E-state index in [1.807, 2.05) is 25.2 Å². The van der Waals surface area contributed by atoms with Crippen molar-refractivity contribution in [2.75, 3.05) is 32.2 Å². The predicted octanol–water partition coefficient (Wildman–Crippen LogP) is 2.21. The van der Waals surface area contributed by atoms with Crippen molar-refractivity contribution >= 4 is 27.5 Å². The van der Waals surface area contributed by atoms with E-state index in [1.54, 1.807) is 7.11 Å². The van der Waals surface area contributed by atoms with E-state index >= 15 is 0 Å². The van der Waals surface area contributed by atoms with Gasteiger partial charge in [-0.3, -0.25) is 5.41 Å². The van der Waals surface area contributed by atoms with E-state index in [4.69, 9.17) is 15.9 Å². The summed E-state index contributed by atoms with van der Waals surface area (Å²) in [7, 11) is 3.68. The predicted molar refractivity (Wildman–Crippen MR) is 74.9 cm³/mol. The minimum Gasteiger partial charge on any atom is -0.385 e. The lowest BCUT2D eigenvalue weighted by atomic mass is 10.1. The van der Waals surface area contributed by atoms with E-state index in [9.17, 15) is 0 Å². The molecule has 0 aliphatic heterocycles. The molecule has 94 valence electrons. The quantitative estimate of drug-likeness (QED) is 0.481. The zero-order chi connectivity index (χ0) is 12.8. The molecule has 0 heterocycles. The van der Waals surface area contributed by atoms with Gasteiger partial charge >= 0.3 is 0 Å². The highest BCUT2D eigenvalue weighted by Gasteiger charge is 2.12. The van der Waals surface area contributed by atoms with Crippen LogP contribution >= 0.6 is 15.9 Å². The molecule has 0 aromatic heterocycles. The summed E-state index contributed by atoms with van der Waals surface area (Å²) >= 11 is 3.43. The second kappa shape index (κ2) is 6.61. The fourth-order valence-corrected chi connectivity index (χ4v) is 2.23. The monoisotopic (exact) mass is 299 g/mol. The van der Waals surface area contributed by atoms with Crippen molar-refractivity contribution in [3.05, 3.63) is 28.2 Å². The SMILES string of the molecule is COCCCN(C)c1cccc(Br)c1C(=N)N. The standard InChI is InChI=1S/C12H18BrN3O/c1-16(7-4-8-17-2)10-6-3-5-9(13)11(10)12(14)15/h3,5-6H,4,7-8H2,1-2H3,(H3,14,15). The van der Waals surface area contributed by atoms with Crippen molar-refractivity contribution in [1.82, 2.24) is 0 Å². The molecule has 0 aliphatic carbocycles. The Balaban J connectivity index is 2.89. The number of amidine groups is 1. The number of hydrogen-bond donors (Lipinski definition) is 2. The first kappa shape index (κ1) is 14.0. The number of ether oxygens (including phenoxy) is 1. The highest BCUT2D eigenvalue weighted by atomic mass is 79.9. The number of nitrogens with two attached hydrogens (primary N) is 1. The molecular weight excluding hydrogens is 282 g/mol.